The van der Waals surface area contributed by atoms with Crippen molar-refractivity contribution in [2.24, 2.45) is 0 Å². The second-order valence-corrected chi connectivity index (χ2v) is 5.77. The Morgan fingerprint density at radius 2 is 2.11 bits per heavy atom. The topological polar surface area (TPSA) is 68.5 Å². The van der Waals surface area contributed by atoms with E-state index in [2.05, 4.69) is 25.4 Å². The first-order valence-electron chi connectivity index (χ1n) is 6.07. The zero-order chi connectivity index (χ0) is 13.1. The first kappa shape index (κ1) is 12.7. The zero-order valence-electron chi connectivity index (χ0n) is 10.2. The van der Waals surface area contributed by atoms with E-state index < -0.39 is 0 Å². The lowest BCUT2D eigenvalue weighted by Gasteiger charge is -2.22. The van der Waals surface area contributed by atoms with Crippen LogP contribution in [-0.4, -0.2) is 42.3 Å². The highest BCUT2D eigenvalue weighted by molar-refractivity contribution is 7.99. The largest absolute Gasteiger partial charge is 0.351 e. The van der Waals surface area contributed by atoms with E-state index in [1.165, 1.54) is 11.5 Å². The minimum atomic E-state index is 0.174. The molecule has 2 aromatic rings. The lowest BCUT2D eigenvalue weighted by molar-refractivity contribution is 0.657. The molecule has 0 amide bonds. The number of halogens is 1. The fourth-order valence-electron chi connectivity index (χ4n) is 1.92. The zero-order valence-corrected chi connectivity index (χ0v) is 11.7. The van der Waals surface area contributed by atoms with E-state index in [4.69, 9.17) is 11.6 Å². The van der Waals surface area contributed by atoms with Crippen molar-refractivity contribution in [2.75, 3.05) is 16.8 Å². The maximum Gasteiger partial charge on any atom is 0.256 e. The summed E-state index contributed by atoms with van der Waals surface area (Å²) >= 11 is 7.92. The summed E-state index contributed by atoms with van der Waals surface area (Å²) in [5, 5.41) is 7.59. The average Bonchev–Trinajstić information content (AvgIpc) is 2.93. The van der Waals surface area contributed by atoms with Crippen molar-refractivity contribution in [3.63, 3.8) is 0 Å². The van der Waals surface area contributed by atoms with Gasteiger partial charge in [-0.3, -0.25) is 0 Å². The van der Waals surface area contributed by atoms with Crippen molar-refractivity contribution in [2.45, 2.75) is 18.9 Å². The molecule has 8 heteroatoms. The summed E-state index contributed by atoms with van der Waals surface area (Å²) in [7, 11) is 0. The van der Waals surface area contributed by atoms with Gasteiger partial charge in [-0.2, -0.15) is 31.8 Å². The Kier molecular flexibility index (Phi) is 3.84. The fourth-order valence-corrected chi connectivity index (χ4v) is 3.18. The Morgan fingerprint density at radius 1 is 1.26 bits per heavy atom. The minimum Gasteiger partial charge on any atom is -0.351 e. The van der Waals surface area contributed by atoms with Crippen LogP contribution >= 0.6 is 23.4 Å². The molecule has 0 unspecified atom stereocenters. The molecule has 2 aromatic heterocycles. The quantitative estimate of drug-likeness (QED) is 0.934. The number of rotatable bonds is 3. The van der Waals surface area contributed by atoms with Gasteiger partial charge in [0.2, 0.25) is 11.2 Å². The summed E-state index contributed by atoms with van der Waals surface area (Å²) in [5.41, 5.74) is 0. The first-order valence-corrected chi connectivity index (χ1v) is 7.60. The number of hydrogen-bond donors (Lipinski definition) is 1. The normalized spacial score (nSPS) is 16.5. The Morgan fingerprint density at radius 3 is 2.84 bits per heavy atom. The lowest BCUT2D eigenvalue weighted by Crippen LogP contribution is -2.26. The van der Waals surface area contributed by atoms with Crippen LogP contribution in [0.2, 0.25) is 5.28 Å². The Bertz CT molecular complexity index is 540. The molecular weight excluding hydrogens is 284 g/mol. The smallest absolute Gasteiger partial charge is 0.256 e. The maximum atomic E-state index is 5.94. The van der Waals surface area contributed by atoms with Crippen LogP contribution in [0.4, 0.5) is 5.95 Å². The van der Waals surface area contributed by atoms with E-state index in [-0.39, 0.29) is 5.28 Å². The van der Waals surface area contributed by atoms with Crippen molar-refractivity contribution < 1.29 is 0 Å². The van der Waals surface area contributed by atoms with Crippen LogP contribution in [0, 0.1) is 0 Å². The van der Waals surface area contributed by atoms with Gasteiger partial charge in [0.1, 0.15) is 0 Å². The van der Waals surface area contributed by atoms with E-state index >= 15 is 0 Å². The van der Waals surface area contributed by atoms with E-state index in [1.54, 1.807) is 17.1 Å². The van der Waals surface area contributed by atoms with Gasteiger partial charge in [-0.25, -0.2) is 4.68 Å². The van der Waals surface area contributed by atoms with Gasteiger partial charge in [-0.05, 0) is 42.0 Å². The standard InChI is InChI=1S/C11H13ClN6S/c12-9-15-10(14-8-2-6-19-7-3-8)17-11(16-9)18-5-1-4-13-18/h1,4-5,8H,2-3,6-7H2,(H,14,15,16,17). The third kappa shape index (κ3) is 3.16. The molecule has 1 N–H and O–H groups in total. The molecule has 6 nitrogen and oxygen atoms in total. The molecule has 0 spiro atoms. The molecule has 1 fully saturated rings. The molecule has 100 valence electrons. The van der Waals surface area contributed by atoms with Gasteiger partial charge in [0.05, 0.1) is 0 Å². The molecular formula is C11H13ClN6S. The highest BCUT2D eigenvalue weighted by atomic mass is 35.5. The summed E-state index contributed by atoms with van der Waals surface area (Å²) < 4.78 is 1.56. The number of hydrogen-bond acceptors (Lipinski definition) is 6. The van der Waals surface area contributed by atoms with Crippen LogP contribution in [0.5, 0.6) is 0 Å². The predicted molar refractivity (Wildman–Crippen MR) is 75.9 cm³/mol. The molecule has 0 saturated carbocycles. The average molecular weight is 297 g/mol. The molecule has 3 heterocycles. The van der Waals surface area contributed by atoms with Crippen molar-refractivity contribution in [1.29, 1.82) is 0 Å². The molecule has 0 radical (unpaired) electrons. The third-order valence-corrected chi connectivity index (χ3v) is 4.08. The van der Waals surface area contributed by atoms with Gasteiger partial charge < -0.3 is 5.32 Å². The van der Waals surface area contributed by atoms with Crippen molar-refractivity contribution in [3.8, 4) is 5.95 Å². The molecule has 0 bridgehead atoms. The highest BCUT2D eigenvalue weighted by Gasteiger charge is 2.15. The van der Waals surface area contributed by atoms with Gasteiger partial charge in [0, 0.05) is 18.4 Å². The van der Waals surface area contributed by atoms with Crippen LogP contribution in [-0.2, 0) is 0 Å². The van der Waals surface area contributed by atoms with Gasteiger partial charge >= 0.3 is 0 Å². The van der Waals surface area contributed by atoms with Gasteiger partial charge in [0.15, 0.2) is 0 Å². The van der Waals surface area contributed by atoms with Crippen molar-refractivity contribution in [1.82, 2.24) is 24.7 Å². The van der Waals surface area contributed by atoms with Crippen LogP contribution in [0.3, 0.4) is 0 Å². The molecule has 3 rings (SSSR count). The van der Waals surface area contributed by atoms with Crippen molar-refractivity contribution >= 4 is 29.3 Å². The van der Waals surface area contributed by atoms with E-state index in [0.717, 1.165) is 12.8 Å². The summed E-state index contributed by atoms with van der Waals surface area (Å²) in [6, 6.07) is 2.22. The van der Waals surface area contributed by atoms with Crippen molar-refractivity contribution in [3.05, 3.63) is 23.7 Å². The SMILES string of the molecule is Clc1nc(NC2CCSCC2)nc(-n2cccn2)n1. The molecule has 0 aliphatic carbocycles. The van der Waals surface area contributed by atoms with Gasteiger partial charge in [-0.1, -0.05) is 0 Å². The Balaban J connectivity index is 1.81. The number of thioether (sulfide) groups is 1. The van der Waals surface area contributed by atoms with E-state index in [9.17, 15) is 0 Å². The Hall–Kier alpha value is -1.34. The summed E-state index contributed by atoms with van der Waals surface area (Å²) in [6.07, 6.45) is 5.67. The van der Waals surface area contributed by atoms with Crippen LogP contribution in [0.1, 0.15) is 12.8 Å². The maximum absolute atomic E-state index is 5.94. The van der Waals surface area contributed by atoms with Crippen LogP contribution in [0.15, 0.2) is 18.5 Å². The van der Waals surface area contributed by atoms with Gasteiger partial charge in [0.25, 0.3) is 5.95 Å². The number of anilines is 1. The van der Waals surface area contributed by atoms with Crippen LogP contribution < -0.4 is 5.32 Å². The molecule has 1 aliphatic rings. The molecule has 19 heavy (non-hydrogen) atoms. The molecule has 1 aliphatic heterocycles. The molecule has 0 aromatic carbocycles. The number of aromatic nitrogens is 5. The summed E-state index contributed by atoms with van der Waals surface area (Å²) in [5.74, 6) is 3.28. The highest BCUT2D eigenvalue weighted by Crippen LogP contribution is 2.20. The number of nitrogens with one attached hydrogen (secondary N) is 1. The third-order valence-electron chi connectivity index (χ3n) is 2.86. The summed E-state index contributed by atoms with van der Waals surface area (Å²) in [6.45, 7) is 0. The second-order valence-electron chi connectivity index (χ2n) is 4.21. The second kappa shape index (κ2) is 5.75. The summed E-state index contributed by atoms with van der Waals surface area (Å²) in [4.78, 5) is 12.5. The lowest BCUT2D eigenvalue weighted by atomic mass is 10.2. The van der Waals surface area contributed by atoms with Gasteiger partial charge in [-0.15, -0.1) is 0 Å². The van der Waals surface area contributed by atoms with E-state index in [1.807, 2.05) is 17.8 Å². The predicted octanol–water partition coefficient (Wildman–Crippen LogP) is 2.02. The molecule has 1 saturated heterocycles. The monoisotopic (exact) mass is 296 g/mol. The Labute approximate surface area is 120 Å². The molecule has 0 atom stereocenters. The number of nitrogens with zero attached hydrogens (tertiary/aromatic N) is 5. The fraction of sp³-hybridized carbons (Fsp3) is 0.455. The first-order chi connectivity index (χ1) is 9.31. The minimum absolute atomic E-state index is 0.174. The van der Waals surface area contributed by atoms with E-state index in [0.29, 0.717) is 17.9 Å². The van der Waals surface area contributed by atoms with Crippen LogP contribution in [0.25, 0.3) is 5.95 Å².